The first-order valence-corrected chi connectivity index (χ1v) is 5.09. The SMILES string of the molecule is O=C(Nc1ccc(O)cc1F)c1cc(=O)[nH]c(=O)[nH]1. The van der Waals surface area contributed by atoms with Crippen LogP contribution in [0.5, 0.6) is 5.75 Å². The number of hydrogen-bond donors (Lipinski definition) is 4. The van der Waals surface area contributed by atoms with Crippen LogP contribution in [0.2, 0.25) is 0 Å². The number of halogens is 1. The Morgan fingerprint density at radius 1 is 1.21 bits per heavy atom. The number of aromatic nitrogens is 2. The van der Waals surface area contributed by atoms with E-state index >= 15 is 0 Å². The van der Waals surface area contributed by atoms with E-state index < -0.39 is 23.0 Å². The lowest BCUT2D eigenvalue weighted by molar-refractivity contribution is 0.102. The summed E-state index contributed by atoms with van der Waals surface area (Å²) in [5, 5.41) is 11.2. The minimum Gasteiger partial charge on any atom is -0.508 e. The average Bonchev–Trinajstić information content (AvgIpc) is 2.31. The molecule has 19 heavy (non-hydrogen) atoms. The number of carbonyl (C=O) groups excluding carboxylic acids is 1. The van der Waals surface area contributed by atoms with E-state index in [-0.39, 0.29) is 17.1 Å². The highest BCUT2D eigenvalue weighted by Gasteiger charge is 2.11. The Kier molecular flexibility index (Phi) is 3.15. The first-order chi connectivity index (χ1) is 8.95. The topological polar surface area (TPSA) is 115 Å². The summed E-state index contributed by atoms with van der Waals surface area (Å²) < 4.78 is 13.4. The number of rotatable bonds is 2. The second-order valence-corrected chi connectivity index (χ2v) is 3.62. The van der Waals surface area contributed by atoms with Crippen molar-refractivity contribution in [2.24, 2.45) is 0 Å². The van der Waals surface area contributed by atoms with Gasteiger partial charge in [0.2, 0.25) is 0 Å². The van der Waals surface area contributed by atoms with Gasteiger partial charge in [-0.15, -0.1) is 0 Å². The molecular weight excluding hydrogens is 257 g/mol. The molecule has 0 saturated heterocycles. The zero-order chi connectivity index (χ0) is 14.0. The van der Waals surface area contributed by atoms with E-state index in [0.717, 1.165) is 18.2 Å². The first kappa shape index (κ1) is 12.6. The molecule has 7 nitrogen and oxygen atoms in total. The van der Waals surface area contributed by atoms with Gasteiger partial charge in [0.15, 0.2) is 0 Å². The van der Waals surface area contributed by atoms with Gasteiger partial charge in [-0.3, -0.25) is 14.6 Å². The molecule has 0 aliphatic carbocycles. The molecule has 0 bridgehead atoms. The van der Waals surface area contributed by atoms with Crippen molar-refractivity contribution >= 4 is 11.6 Å². The van der Waals surface area contributed by atoms with Gasteiger partial charge in [-0.05, 0) is 12.1 Å². The molecular formula is C11H8FN3O4. The quantitative estimate of drug-likeness (QED) is 0.579. The molecule has 1 heterocycles. The summed E-state index contributed by atoms with van der Waals surface area (Å²) in [4.78, 5) is 37.7. The molecule has 0 fully saturated rings. The molecule has 0 spiro atoms. The summed E-state index contributed by atoms with van der Waals surface area (Å²) in [6.45, 7) is 0. The number of aromatic hydroxyl groups is 1. The van der Waals surface area contributed by atoms with Crippen LogP contribution in [0.15, 0.2) is 33.9 Å². The van der Waals surface area contributed by atoms with Crippen molar-refractivity contribution in [1.82, 2.24) is 9.97 Å². The van der Waals surface area contributed by atoms with Gasteiger partial charge in [0.05, 0.1) is 5.69 Å². The minimum atomic E-state index is -0.854. The van der Waals surface area contributed by atoms with Gasteiger partial charge in [0.25, 0.3) is 11.5 Å². The molecule has 4 N–H and O–H groups in total. The lowest BCUT2D eigenvalue weighted by Gasteiger charge is -2.06. The van der Waals surface area contributed by atoms with Crippen molar-refractivity contribution in [2.45, 2.75) is 0 Å². The lowest BCUT2D eigenvalue weighted by atomic mass is 10.2. The Morgan fingerprint density at radius 3 is 2.58 bits per heavy atom. The number of benzene rings is 1. The number of amides is 1. The molecule has 2 aromatic rings. The van der Waals surface area contributed by atoms with E-state index in [1.807, 2.05) is 4.98 Å². The second kappa shape index (κ2) is 4.77. The van der Waals surface area contributed by atoms with Crippen LogP contribution in [0, 0.1) is 5.82 Å². The third-order valence-corrected chi connectivity index (χ3v) is 2.21. The number of anilines is 1. The Morgan fingerprint density at radius 2 is 1.95 bits per heavy atom. The van der Waals surface area contributed by atoms with Gasteiger partial charge in [0.1, 0.15) is 17.3 Å². The normalized spacial score (nSPS) is 10.2. The van der Waals surface area contributed by atoms with Crippen LogP contribution in [0.4, 0.5) is 10.1 Å². The predicted molar refractivity (Wildman–Crippen MR) is 63.7 cm³/mol. The van der Waals surface area contributed by atoms with Crippen molar-refractivity contribution in [2.75, 3.05) is 5.32 Å². The van der Waals surface area contributed by atoms with E-state index in [0.29, 0.717) is 0 Å². The van der Waals surface area contributed by atoms with Crippen LogP contribution in [0.3, 0.4) is 0 Å². The van der Waals surface area contributed by atoms with E-state index in [2.05, 4.69) is 10.3 Å². The standard InChI is InChI=1S/C11H8FN3O4/c12-6-3-5(16)1-2-7(6)13-10(18)8-4-9(17)15-11(19)14-8/h1-4,16H,(H,13,18)(H2,14,15,17,19). The van der Waals surface area contributed by atoms with Gasteiger partial charge in [-0.2, -0.15) is 0 Å². The van der Waals surface area contributed by atoms with Crippen LogP contribution in [-0.2, 0) is 0 Å². The molecule has 0 aliphatic rings. The van der Waals surface area contributed by atoms with Gasteiger partial charge in [0, 0.05) is 12.1 Å². The summed E-state index contributed by atoms with van der Waals surface area (Å²) in [7, 11) is 0. The Hall–Kier alpha value is -2.90. The van der Waals surface area contributed by atoms with Crippen molar-refractivity contribution in [1.29, 1.82) is 0 Å². The van der Waals surface area contributed by atoms with Crippen molar-refractivity contribution in [3.05, 3.63) is 56.6 Å². The highest BCUT2D eigenvalue weighted by atomic mass is 19.1. The molecule has 0 atom stereocenters. The number of phenols is 1. The fourth-order valence-corrected chi connectivity index (χ4v) is 1.39. The molecule has 2 rings (SSSR count). The summed E-state index contributed by atoms with van der Waals surface area (Å²) in [5.41, 5.74) is -2.09. The lowest BCUT2D eigenvalue weighted by Crippen LogP contribution is -2.27. The predicted octanol–water partition coefficient (Wildman–Crippen LogP) is 0.160. The number of nitrogens with one attached hydrogen (secondary N) is 3. The number of hydrogen-bond acceptors (Lipinski definition) is 4. The maximum atomic E-state index is 13.4. The van der Waals surface area contributed by atoms with Gasteiger partial charge < -0.3 is 15.4 Å². The van der Waals surface area contributed by atoms with Crippen molar-refractivity contribution < 1.29 is 14.3 Å². The summed E-state index contributed by atoms with van der Waals surface area (Å²) in [5.74, 6) is -1.99. The molecule has 0 radical (unpaired) electrons. The zero-order valence-corrected chi connectivity index (χ0v) is 9.36. The van der Waals surface area contributed by atoms with E-state index in [4.69, 9.17) is 5.11 Å². The monoisotopic (exact) mass is 265 g/mol. The molecule has 0 saturated carbocycles. The van der Waals surface area contributed by atoms with Crippen LogP contribution in [0.25, 0.3) is 0 Å². The van der Waals surface area contributed by atoms with Gasteiger partial charge >= 0.3 is 5.69 Å². The van der Waals surface area contributed by atoms with E-state index in [1.165, 1.54) is 6.07 Å². The summed E-state index contributed by atoms with van der Waals surface area (Å²) in [6, 6.07) is 4.01. The van der Waals surface area contributed by atoms with Crippen molar-refractivity contribution in [3.63, 3.8) is 0 Å². The number of phenolic OH excluding ortho intramolecular Hbond substituents is 1. The molecule has 1 amide bonds. The first-order valence-electron chi connectivity index (χ1n) is 5.09. The maximum absolute atomic E-state index is 13.4. The van der Waals surface area contributed by atoms with Crippen LogP contribution < -0.4 is 16.6 Å². The second-order valence-electron chi connectivity index (χ2n) is 3.62. The third-order valence-electron chi connectivity index (χ3n) is 2.21. The van der Waals surface area contributed by atoms with E-state index in [1.54, 1.807) is 0 Å². The molecule has 0 unspecified atom stereocenters. The summed E-state index contributed by atoms with van der Waals surface area (Å²) >= 11 is 0. The molecule has 1 aromatic heterocycles. The van der Waals surface area contributed by atoms with Crippen LogP contribution in [-0.4, -0.2) is 21.0 Å². The van der Waals surface area contributed by atoms with E-state index in [9.17, 15) is 18.8 Å². The number of carbonyl (C=O) groups is 1. The molecule has 8 heteroatoms. The van der Waals surface area contributed by atoms with Gasteiger partial charge in [-0.1, -0.05) is 0 Å². The van der Waals surface area contributed by atoms with Crippen molar-refractivity contribution in [3.8, 4) is 5.75 Å². The highest BCUT2D eigenvalue weighted by molar-refractivity contribution is 6.02. The molecule has 1 aromatic carbocycles. The highest BCUT2D eigenvalue weighted by Crippen LogP contribution is 2.19. The Bertz CT molecular complexity index is 722. The maximum Gasteiger partial charge on any atom is 0.326 e. The Balaban J connectivity index is 2.30. The zero-order valence-electron chi connectivity index (χ0n) is 9.36. The Labute approximate surface area is 104 Å². The van der Waals surface area contributed by atoms with Crippen LogP contribution >= 0.6 is 0 Å². The summed E-state index contributed by atoms with van der Waals surface area (Å²) in [6.07, 6.45) is 0. The minimum absolute atomic E-state index is 0.191. The fraction of sp³-hybridized carbons (Fsp3) is 0. The average molecular weight is 265 g/mol. The number of aromatic amines is 2. The largest absolute Gasteiger partial charge is 0.508 e. The van der Waals surface area contributed by atoms with Gasteiger partial charge in [-0.25, -0.2) is 9.18 Å². The molecule has 98 valence electrons. The third kappa shape index (κ3) is 2.86. The molecule has 0 aliphatic heterocycles. The smallest absolute Gasteiger partial charge is 0.326 e. The van der Waals surface area contributed by atoms with Crippen LogP contribution in [0.1, 0.15) is 10.5 Å². The number of H-pyrrole nitrogens is 2. The fourth-order valence-electron chi connectivity index (χ4n) is 1.39.